The van der Waals surface area contributed by atoms with E-state index in [1.54, 1.807) is 14.2 Å². The second-order valence-electron chi connectivity index (χ2n) is 3.81. The molecule has 0 aromatic heterocycles. The van der Waals surface area contributed by atoms with Crippen LogP contribution in [0, 0.1) is 0 Å². The van der Waals surface area contributed by atoms with Crippen LogP contribution >= 0.6 is 28.3 Å². The lowest BCUT2D eigenvalue weighted by atomic mass is 10.1. The lowest BCUT2D eigenvalue weighted by Gasteiger charge is -2.25. The van der Waals surface area contributed by atoms with Gasteiger partial charge in [0.15, 0.2) is 11.5 Å². The molecule has 0 spiro atoms. The molecule has 0 radical (unpaired) electrons. The van der Waals surface area contributed by atoms with Crippen LogP contribution < -0.4 is 14.8 Å². The Morgan fingerprint density at radius 3 is 2.50 bits per heavy atom. The highest BCUT2D eigenvalue weighted by Gasteiger charge is 2.20. The molecule has 2 rings (SSSR count). The van der Waals surface area contributed by atoms with Gasteiger partial charge in [-0.05, 0) is 17.7 Å². The van der Waals surface area contributed by atoms with E-state index in [0.717, 1.165) is 34.7 Å². The van der Waals surface area contributed by atoms with Crippen LogP contribution in [0.2, 0.25) is 0 Å². The van der Waals surface area contributed by atoms with Gasteiger partial charge in [-0.2, -0.15) is 0 Å². The number of hydrogen-bond acceptors (Lipinski definition) is 4. The Labute approximate surface area is 122 Å². The maximum absolute atomic E-state index is 5.47. The monoisotopic (exact) mass is 337 g/mol. The molecule has 6 heteroatoms. The van der Waals surface area contributed by atoms with Gasteiger partial charge in [-0.25, -0.2) is 0 Å². The Balaban J connectivity index is 0.00000162. The number of rotatable bonds is 3. The molecule has 1 aromatic carbocycles. The Kier molecular flexibility index (Phi) is 6.21. The van der Waals surface area contributed by atoms with Crippen molar-refractivity contribution in [3.8, 4) is 11.5 Å². The van der Waals surface area contributed by atoms with Crippen molar-refractivity contribution in [1.82, 2.24) is 5.32 Å². The molecule has 0 unspecified atom stereocenters. The van der Waals surface area contributed by atoms with Crippen molar-refractivity contribution < 1.29 is 14.2 Å². The summed E-state index contributed by atoms with van der Waals surface area (Å²) in [6.07, 6.45) is 0. The number of methoxy groups -OCH3 is 2. The van der Waals surface area contributed by atoms with Gasteiger partial charge in [-0.15, -0.1) is 12.4 Å². The van der Waals surface area contributed by atoms with Gasteiger partial charge in [-0.3, -0.25) is 0 Å². The molecule has 4 nitrogen and oxygen atoms in total. The molecule has 102 valence electrons. The SMILES string of the molecule is COc1cc(Br)c([C@@H]2COCCN2)cc1OC.Cl. The van der Waals surface area contributed by atoms with E-state index < -0.39 is 0 Å². The number of nitrogens with one attached hydrogen (secondary N) is 1. The molecule has 18 heavy (non-hydrogen) atoms. The van der Waals surface area contributed by atoms with Gasteiger partial charge in [0.1, 0.15) is 0 Å². The standard InChI is InChI=1S/C12H16BrNO3.ClH/c1-15-11-5-8(9(13)6-12(11)16-2)10-7-17-4-3-14-10;/h5-6,10,14H,3-4,7H2,1-2H3;1H/t10-;/m0./s1. The van der Waals surface area contributed by atoms with Gasteiger partial charge < -0.3 is 19.5 Å². The molecule has 1 fully saturated rings. The van der Waals surface area contributed by atoms with E-state index >= 15 is 0 Å². The lowest BCUT2D eigenvalue weighted by Crippen LogP contribution is -2.34. The maximum atomic E-state index is 5.47. The summed E-state index contributed by atoms with van der Waals surface area (Å²) >= 11 is 3.56. The van der Waals surface area contributed by atoms with Crippen LogP contribution in [0.1, 0.15) is 11.6 Å². The minimum absolute atomic E-state index is 0. The first-order valence-corrected chi connectivity index (χ1v) is 6.28. The fraction of sp³-hybridized carbons (Fsp3) is 0.500. The van der Waals surface area contributed by atoms with Crippen LogP contribution in [0.4, 0.5) is 0 Å². The van der Waals surface area contributed by atoms with E-state index in [1.807, 2.05) is 12.1 Å². The van der Waals surface area contributed by atoms with Crippen LogP contribution in [0.15, 0.2) is 16.6 Å². The molecule has 1 aromatic rings. The molecular weight excluding hydrogens is 321 g/mol. The van der Waals surface area contributed by atoms with Crippen molar-refractivity contribution in [2.75, 3.05) is 34.0 Å². The summed E-state index contributed by atoms with van der Waals surface area (Å²) < 4.78 is 17.0. The molecule has 1 atom stereocenters. The Morgan fingerprint density at radius 2 is 1.94 bits per heavy atom. The summed E-state index contributed by atoms with van der Waals surface area (Å²) in [7, 11) is 3.27. The molecular formula is C12H17BrClNO3. The third-order valence-electron chi connectivity index (χ3n) is 2.80. The summed E-state index contributed by atoms with van der Waals surface area (Å²) in [6, 6.07) is 4.10. The highest BCUT2D eigenvalue weighted by Crippen LogP contribution is 2.36. The number of morpholine rings is 1. The third kappa shape index (κ3) is 3.29. The van der Waals surface area contributed by atoms with E-state index in [9.17, 15) is 0 Å². The van der Waals surface area contributed by atoms with Crippen molar-refractivity contribution in [3.05, 3.63) is 22.2 Å². The topological polar surface area (TPSA) is 39.7 Å². The minimum atomic E-state index is 0. The van der Waals surface area contributed by atoms with Crippen LogP contribution in [0.3, 0.4) is 0 Å². The highest BCUT2D eigenvalue weighted by atomic mass is 79.9. The van der Waals surface area contributed by atoms with Gasteiger partial charge in [0.25, 0.3) is 0 Å². The average Bonchev–Trinajstić information content (AvgIpc) is 2.39. The quantitative estimate of drug-likeness (QED) is 0.919. The molecule has 1 N–H and O–H groups in total. The molecule has 0 saturated carbocycles. The first-order chi connectivity index (χ1) is 8.26. The molecule has 0 amide bonds. The predicted octanol–water partition coefficient (Wildman–Crippen LogP) is 2.55. The highest BCUT2D eigenvalue weighted by molar-refractivity contribution is 9.10. The van der Waals surface area contributed by atoms with Crippen LogP contribution in [-0.4, -0.2) is 34.0 Å². The number of ether oxygens (including phenoxy) is 3. The molecule has 0 aliphatic carbocycles. The van der Waals surface area contributed by atoms with Gasteiger partial charge >= 0.3 is 0 Å². The van der Waals surface area contributed by atoms with E-state index in [-0.39, 0.29) is 18.4 Å². The van der Waals surface area contributed by atoms with Crippen molar-refractivity contribution in [3.63, 3.8) is 0 Å². The zero-order valence-electron chi connectivity index (χ0n) is 10.4. The maximum Gasteiger partial charge on any atom is 0.161 e. The first kappa shape index (κ1) is 15.6. The molecule has 1 aliphatic rings. The minimum Gasteiger partial charge on any atom is -0.493 e. The summed E-state index contributed by atoms with van der Waals surface area (Å²) in [4.78, 5) is 0. The number of hydrogen-bond donors (Lipinski definition) is 1. The first-order valence-electron chi connectivity index (χ1n) is 5.48. The van der Waals surface area contributed by atoms with Crippen molar-refractivity contribution in [2.24, 2.45) is 0 Å². The van der Waals surface area contributed by atoms with E-state index in [1.165, 1.54) is 0 Å². The van der Waals surface area contributed by atoms with Crippen molar-refractivity contribution >= 4 is 28.3 Å². The summed E-state index contributed by atoms with van der Waals surface area (Å²) in [5, 5.41) is 3.41. The summed E-state index contributed by atoms with van der Waals surface area (Å²) in [5.41, 5.74) is 1.13. The van der Waals surface area contributed by atoms with E-state index in [0.29, 0.717) is 6.61 Å². The van der Waals surface area contributed by atoms with E-state index in [4.69, 9.17) is 14.2 Å². The normalized spacial score (nSPS) is 18.9. The summed E-state index contributed by atoms with van der Waals surface area (Å²) in [6.45, 7) is 2.31. The molecule has 1 aliphatic heterocycles. The second kappa shape index (κ2) is 7.19. The third-order valence-corrected chi connectivity index (χ3v) is 3.49. The van der Waals surface area contributed by atoms with Crippen molar-refractivity contribution in [1.29, 1.82) is 0 Å². The Hall–Kier alpha value is -0.490. The number of halogens is 2. The lowest BCUT2D eigenvalue weighted by molar-refractivity contribution is 0.0766. The predicted molar refractivity (Wildman–Crippen MR) is 76.1 cm³/mol. The average molecular weight is 339 g/mol. The van der Waals surface area contributed by atoms with Gasteiger partial charge in [0, 0.05) is 11.0 Å². The molecule has 1 heterocycles. The zero-order chi connectivity index (χ0) is 12.3. The van der Waals surface area contributed by atoms with Crippen molar-refractivity contribution in [2.45, 2.75) is 6.04 Å². The van der Waals surface area contributed by atoms with E-state index in [2.05, 4.69) is 21.2 Å². The molecule has 0 bridgehead atoms. The fourth-order valence-corrected chi connectivity index (χ4v) is 2.50. The zero-order valence-corrected chi connectivity index (χ0v) is 12.8. The van der Waals surface area contributed by atoms with Gasteiger partial charge in [0.05, 0.1) is 33.5 Å². The van der Waals surface area contributed by atoms with Gasteiger partial charge in [0.2, 0.25) is 0 Å². The second-order valence-corrected chi connectivity index (χ2v) is 4.66. The van der Waals surface area contributed by atoms with Crippen LogP contribution in [0.25, 0.3) is 0 Å². The fourth-order valence-electron chi connectivity index (χ4n) is 1.90. The smallest absolute Gasteiger partial charge is 0.161 e. The number of benzene rings is 1. The Morgan fingerprint density at radius 1 is 1.28 bits per heavy atom. The molecule has 1 saturated heterocycles. The van der Waals surface area contributed by atoms with Gasteiger partial charge in [-0.1, -0.05) is 15.9 Å². The largest absolute Gasteiger partial charge is 0.493 e. The van der Waals surface area contributed by atoms with Crippen LogP contribution in [-0.2, 0) is 4.74 Å². The Bertz CT molecular complexity index is 397. The van der Waals surface area contributed by atoms with Crippen LogP contribution in [0.5, 0.6) is 11.5 Å². The summed E-state index contributed by atoms with van der Waals surface area (Å²) in [5.74, 6) is 1.46.